The highest BCUT2D eigenvalue weighted by molar-refractivity contribution is 7.14. The Kier molecular flexibility index (Phi) is 4.98. The second-order valence-corrected chi connectivity index (χ2v) is 8.73. The third-order valence-corrected chi connectivity index (χ3v) is 6.77. The van der Waals surface area contributed by atoms with E-state index in [0.717, 1.165) is 25.7 Å². The molecule has 1 aromatic heterocycles. The van der Waals surface area contributed by atoms with E-state index in [1.165, 1.54) is 47.5 Å². The van der Waals surface area contributed by atoms with E-state index in [2.05, 4.69) is 10.9 Å². The van der Waals surface area contributed by atoms with Crippen LogP contribution in [-0.2, 0) is 22.4 Å². The van der Waals surface area contributed by atoms with Crippen LogP contribution in [0.15, 0.2) is 6.07 Å². The minimum atomic E-state index is -0.369. The molecule has 1 saturated heterocycles. The topological polar surface area (TPSA) is 78.5 Å². The fourth-order valence-electron chi connectivity index (χ4n) is 3.88. The van der Waals surface area contributed by atoms with Crippen molar-refractivity contribution in [3.05, 3.63) is 21.4 Å². The van der Waals surface area contributed by atoms with Gasteiger partial charge in [-0.3, -0.25) is 25.2 Å². The molecular weight excluding hydrogens is 350 g/mol. The fraction of sp³-hybridized carbons (Fsp3) is 0.632. The third-order valence-electron chi connectivity index (χ3n) is 5.54. The molecule has 0 unspecified atom stereocenters. The molecule has 6 nitrogen and oxygen atoms in total. The minimum Gasteiger partial charge on any atom is -0.339 e. The Morgan fingerprint density at radius 3 is 2.62 bits per heavy atom. The highest BCUT2D eigenvalue weighted by Gasteiger charge is 2.41. The minimum absolute atomic E-state index is 0.0528. The maximum Gasteiger partial charge on any atom is 0.279 e. The van der Waals surface area contributed by atoms with Gasteiger partial charge in [-0.15, -0.1) is 11.3 Å². The van der Waals surface area contributed by atoms with Crippen LogP contribution in [0.1, 0.15) is 65.1 Å². The molecule has 1 atom stereocenters. The highest BCUT2D eigenvalue weighted by Crippen LogP contribution is 2.32. The van der Waals surface area contributed by atoms with Gasteiger partial charge >= 0.3 is 0 Å². The van der Waals surface area contributed by atoms with Gasteiger partial charge in [-0.05, 0) is 50.2 Å². The summed E-state index contributed by atoms with van der Waals surface area (Å²) in [6.07, 6.45) is 9.27. The van der Waals surface area contributed by atoms with E-state index >= 15 is 0 Å². The van der Waals surface area contributed by atoms with Gasteiger partial charge in [0.2, 0.25) is 11.8 Å². The third kappa shape index (κ3) is 3.77. The van der Waals surface area contributed by atoms with Gasteiger partial charge < -0.3 is 4.90 Å². The van der Waals surface area contributed by atoms with Gasteiger partial charge in [-0.25, -0.2) is 0 Å². The van der Waals surface area contributed by atoms with Crippen LogP contribution < -0.4 is 10.9 Å². The number of carbonyl (C=O) groups is 3. The zero-order valence-electron chi connectivity index (χ0n) is 14.9. The van der Waals surface area contributed by atoms with E-state index in [0.29, 0.717) is 17.5 Å². The van der Waals surface area contributed by atoms with E-state index in [1.54, 1.807) is 0 Å². The van der Waals surface area contributed by atoms with Crippen LogP contribution >= 0.6 is 11.3 Å². The molecule has 7 heteroatoms. The van der Waals surface area contributed by atoms with Gasteiger partial charge in [0, 0.05) is 23.9 Å². The summed E-state index contributed by atoms with van der Waals surface area (Å²) >= 11 is 1.54. The molecule has 1 aromatic rings. The Morgan fingerprint density at radius 1 is 1.08 bits per heavy atom. The Bertz CT molecular complexity index is 700. The molecule has 0 bridgehead atoms. The van der Waals surface area contributed by atoms with Crippen molar-refractivity contribution in [2.24, 2.45) is 5.92 Å². The fourth-order valence-corrected chi connectivity index (χ4v) is 5.03. The van der Waals surface area contributed by atoms with Crippen molar-refractivity contribution in [2.75, 3.05) is 6.54 Å². The number of hydrogen-bond acceptors (Lipinski definition) is 4. The number of rotatable bonds is 3. The zero-order valence-corrected chi connectivity index (χ0v) is 15.7. The number of nitrogens with one attached hydrogen (secondary N) is 2. The number of thiophene rings is 1. The summed E-state index contributed by atoms with van der Waals surface area (Å²) in [5, 5.41) is 0. The van der Waals surface area contributed by atoms with Gasteiger partial charge in [-0.2, -0.15) is 0 Å². The summed E-state index contributed by atoms with van der Waals surface area (Å²) in [5.74, 6) is -0.854. The largest absolute Gasteiger partial charge is 0.339 e. The van der Waals surface area contributed by atoms with Crippen LogP contribution in [0.5, 0.6) is 0 Å². The number of hydrogen-bond donors (Lipinski definition) is 2. The molecule has 3 amide bonds. The molecule has 2 heterocycles. The van der Waals surface area contributed by atoms with Gasteiger partial charge in [-0.1, -0.05) is 12.8 Å². The quantitative estimate of drug-likeness (QED) is 0.795. The number of amides is 3. The lowest BCUT2D eigenvalue weighted by atomic mass is 10.00. The molecule has 1 saturated carbocycles. The number of aryl methyl sites for hydroxylation is 2. The van der Waals surface area contributed by atoms with Crippen molar-refractivity contribution in [2.45, 2.75) is 63.8 Å². The smallest absolute Gasteiger partial charge is 0.279 e. The second kappa shape index (κ2) is 7.39. The molecule has 26 heavy (non-hydrogen) atoms. The summed E-state index contributed by atoms with van der Waals surface area (Å²) in [6, 6.07) is 2.31. The molecule has 140 valence electrons. The Labute approximate surface area is 157 Å². The maximum atomic E-state index is 12.4. The van der Waals surface area contributed by atoms with Crippen LogP contribution in [0.25, 0.3) is 0 Å². The van der Waals surface area contributed by atoms with E-state index in [9.17, 15) is 14.4 Å². The molecule has 0 aromatic carbocycles. The number of likely N-dealkylation sites (tertiary alicyclic amines) is 1. The summed E-state index contributed by atoms with van der Waals surface area (Å²) in [6.45, 7) is 0.471. The van der Waals surface area contributed by atoms with Gasteiger partial charge in [0.05, 0.1) is 10.8 Å². The Hall–Kier alpha value is -1.89. The predicted molar refractivity (Wildman–Crippen MR) is 98.6 cm³/mol. The van der Waals surface area contributed by atoms with Crippen molar-refractivity contribution in [3.63, 3.8) is 0 Å². The molecule has 3 aliphatic rings. The molecule has 0 radical (unpaired) electrons. The summed E-state index contributed by atoms with van der Waals surface area (Å²) in [4.78, 5) is 40.4. The van der Waals surface area contributed by atoms with E-state index in [4.69, 9.17) is 0 Å². The number of nitrogens with zero attached hydrogens (tertiary/aromatic N) is 1. The predicted octanol–water partition coefficient (Wildman–Crippen LogP) is 2.18. The van der Waals surface area contributed by atoms with E-state index < -0.39 is 0 Å². The van der Waals surface area contributed by atoms with Gasteiger partial charge in [0.25, 0.3) is 5.91 Å². The Morgan fingerprint density at radius 2 is 1.85 bits per heavy atom. The summed E-state index contributed by atoms with van der Waals surface area (Å²) in [5.41, 5.74) is 6.34. The van der Waals surface area contributed by atoms with E-state index in [-0.39, 0.29) is 30.1 Å². The van der Waals surface area contributed by atoms with Crippen LogP contribution in [0.2, 0.25) is 0 Å². The monoisotopic (exact) mass is 375 g/mol. The molecule has 2 aliphatic carbocycles. The van der Waals surface area contributed by atoms with Crippen molar-refractivity contribution in [1.82, 2.24) is 15.8 Å². The molecule has 2 fully saturated rings. The first-order valence-electron chi connectivity index (χ1n) is 9.63. The van der Waals surface area contributed by atoms with Crippen molar-refractivity contribution in [3.8, 4) is 0 Å². The highest BCUT2D eigenvalue weighted by atomic mass is 32.1. The van der Waals surface area contributed by atoms with Crippen LogP contribution in [0.4, 0.5) is 0 Å². The van der Waals surface area contributed by atoms with Crippen molar-refractivity contribution >= 4 is 29.1 Å². The molecule has 2 N–H and O–H groups in total. The Balaban J connectivity index is 1.31. The van der Waals surface area contributed by atoms with Crippen molar-refractivity contribution < 1.29 is 14.4 Å². The number of carbonyl (C=O) groups excluding carboxylic acids is 3. The zero-order chi connectivity index (χ0) is 18.1. The average Bonchev–Trinajstić information content (AvgIpc) is 3.27. The average molecular weight is 375 g/mol. The van der Waals surface area contributed by atoms with Gasteiger partial charge in [0.15, 0.2) is 0 Å². The van der Waals surface area contributed by atoms with Crippen molar-refractivity contribution in [1.29, 1.82) is 0 Å². The molecule has 4 rings (SSSR count). The maximum absolute atomic E-state index is 12.4. The lowest BCUT2D eigenvalue weighted by molar-refractivity contribution is -0.129. The summed E-state index contributed by atoms with van der Waals surface area (Å²) in [7, 11) is 0. The lowest BCUT2D eigenvalue weighted by Crippen LogP contribution is -2.45. The first kappa shape index (κ1) is 17.5. The normalized spacial score (nSPS) is 23.2. The second-order valence-electron chi connectivity index (χ2n) is 7.59. The van der Waals surface area contributed by atoms with Gasteiger partial charge in [0.1, 0.15) is 0 Å². The SMILES string of the molecule is O=C(NNC(=O)[C@@H]1CC(=O)N(C2CC2)C1)c1cc2c(s1)CCCCCC2. The molecule has 1 aliphatic heterocycles. The van der Waals surface area contributed by atoms with Crippen LogP contribution in [0.3, 0.4) is 0 Å². The molecular formula is C19H25N3O3S. The van der Waals surface area contributed by atoms with E-state index in [1.807, 2.05) is 11.0 Å². The summed E-state index contributed by atoms with van der Waals surface area (Å²) < 4.78 is 0. The first-order valence-corrected chi connectivity index (χ1v) is 10.4. The molecule has 0 spiro atoms. The van der Waals surface area contributed by atoms with Crippen LogP contribution in [0, 0.1) is 5.92 Å². The lowest BCUT2D eigenvalue weighted by Gasteiger charge is -2.15. The number of fused-ring (bicyclic) bond motifs is 1. The standard InChI is InChI=1S/C19H25N3O3S/c23-17-10-13(11-22(17)14-7-8-14)18(24)20-21-19(25)16-9-12-5-3-1-2-4-6-15(12)26-16/h9,13-14H,1-8,10-11H2,(H,20,24)(H,21,25)/t13-/m1/s1. The number of hydrazine groups is 1. The van der Waals surface area contributed by atoms with Crippen LogP contribution in [-0.4, -0.2) is 35.2 Å². The first-order chi connectivity index (χ1) is 12.6.